The fourth-order valence-electron chi connectivity index (χ4n) is 2.69. The van der Waals surface area contributed by atoms with Gasteiger partial charge in [-0.25, -0.2) is 0 Å². The molecule has 2 aromatic heterocycles. The van der Waals surface area contributed by atoms with Gasteiger partial charge in [0, 0.05) is 25.8 Å². The van der Waals surface area contributed by atoms with E-state index < -0.39 is 0 Å². The van der Waals surface area contributed by atoms with Crippen LogP contribution in [0.5, 0.6) is 0 Å². The van der Waals surface area contributed by atoms with Gasteiger partial charge in [-0.2, -0.15) is 5.10 Å². The first-order valence-electron chi connectivity index (χ1n) is 7.06. The van der Waals surface area contributed by atoms with Gasteiger partial charge in [0.1, 0.15) is 0 Å². The molecule has 0 amide bonds. The van der Waals surface area contributed by atoms with Crippen LogP contribution in [0.1, 0.15) is 19.8 Å². The van der Waals surface area contributed by atoms with E-state index in [4.69, 9.17) is 4.42 Å². The number of rotatable bonds is 5. The van der Waals surface area contributed by atoms with Crippen molar-refractivity contribution in [2.75, 3.05) is 25.0 Å². The molecule has 1 aliphatic rings. The standard InChI is InChI=1S/C13H20N6O/c1-3-19-6-4-5-11(19)8-14-13-17-16-12(20-13)10-7-15-18(2)9-10/h7,9,11H,3-6,8H2,1-2H3,(H,14,17). The van der Waals surface area contributed by atoms with E-state index in [1.165, 1.54) is 19.4 Å². The Kier molecular flexibility index (Phi) is 3.68. The summed E-state index contributed by atoms with van der Waals surface area (Å²) >= 11 is 0. The van der Waals surface area contributed by atoms with Crippen LogP contribution in [0.25, 0.3) is 11.5 Å². The predicted molar refractivity (Wildman–Crippen MR) is 75.3 cm³/mol. The molecule has 3 heterocycles. The van der Waals surface area contributed by atoms with Crippen molar-refractivity contribution >= 4 is 6.01 Å². The van der Waals surface area contributed by atoms with Crippen molar-refractivity contribution in [3.05, 3.63) is 12.4 Å². The van der Waals surface area contributed by atoms with Gasteiger partial charge in [-0.15, -0.1) is 5.10 Å². The Morgan fingerprint density at radius 3 is 3.10 bits per heavy atom. The van der Waals surface area contributed by atoms with Gasteiger partial charge in [-0.05, 0) is 25.9 Å². The second kappa shape index (κ2) is 5.62. The molecule has 108 valence electrons. The molecule has 0 radical (unpaired) electrons. The molecule has 1 saturated heterocycles. The molecule has 1 aliphatic heterocycles. The smallest absolute Gasteiger partial charge is 0.315 e. The third-order valence-electron chi connectivity index (χ3n) is 3.77. The molecule has 7 nitrogen and oxygen atoms in total. The molecule has 1 unspecified atom stereocenters. The van der Waals surface area contributed by atoms with Crippen LogP contribution in [0.2, 0.25) is 0 Å². The summed E-state index contributed by atoms with van der Waals surface area (Å²) in [6.07, 6.45) is 6.07. The molecular weight excluding hydrogens is 256 g/mol. The molecular formula is C13H20N6O. The first-order valence-corrected chi connectivity index (χ1v) is 7.06. The Labute approximate surface area is 118 Å². The maximum absolute atomic E-state index is 5.61. The van der Waals surface area contributed by atoms with Crippen molar-refractivity contribution in [2.24, 2.45) is 7.05 Å². The van der Waals surface area contributed by atoms with Crippen molar-refractivity contribution < 1.29 is 4.42 Å². The second-order valence-electron chi connectivity index (χ2n) is 5.12. The van der Waals surface area contributed by atoms with Crippen LogP contribution in [-0.2, 0) is 7.05 Å². The number of likely N-dealkylation sites (N-methyl/N-ethyl adjacent to an activating group) is 1. The summed E-state index contributed by atoms with van der Waals surface area (Å²) in [5.41, 5.74) is 0.837. The lowest BCUT2D eigenvalue weighted by Crippen LogP contribution is -2.34. The zero-order chi connectivity index (χ0) is 13.9. The SMILES string of the molecule is CCN1CCCC1CNc1nnc(-c2cnn(C)c2)o1. The lowest BCUT2D eigenvalue weighted by Gasteiger charge is -2.22. The van der Waals surface area contributed by atoms with Gasteiger partial charge in [0.05, 0.1) is 11.8 Å². The van der Waals surface area contributed by atoms with E-state index in [-0.39, 0.29) is 0 Å². The second-order valence-corrected chi connectivity index (χ2v) is 5.12. The summed E-state index contributed by atoms with van der Waals surface area (Å²) in [4.78, 5) is 2.48. The summed E-state index contributed by atoms with van der Waals surface area (Å²) in [5.74, 6) is 0.499. The van der Waals surface area contributed by atoms with Crippen molar-refractivity contribution in [3.8, 4) is 11.5 Å². The van der Waals surface area contributed by atoms with Crippen LogP contribution < -0.4 is 5.32 Å². The minimum absolute atomic E-state index is 0.479. The normalized spacial score (nSPS) is 19.6. The lowest BCUT2D eigenvalue weighted by atomic mass is 10.2. The molecule has 20 heavy (non-hydrogen) atoms. The average molecular weight is 276 g/mol. The van der Waals surface area contributed by atoms with Gasteiger partial charge in [0.15, 0.2) is 0 Å². The minimum atomic E-state index is 0.479. The van der Waals surface area contributed by atoms with Crippen LogP contribution in [0.3, 0.4) is 0 Å². The summed E-state index contributed by atoms with van der Waals surface area (Å²) < 4.78 is 7.32. The van der Waals surface area contributed by atoms with Crippen molar-refractivity contribution in [2.45, 2.75) is 25.8 Å². The lowest BCUT2D eigenvalue weighted by molar-refractivity contribution is 0.276. The van der Waals surface area contributed by atoms with E-state index in [0.717, 1.165) is 18.7 Å². The number of anilines is 1. The van der Waals surface area contributed by atoms with Crippen LogP contribution >= 0.6 is 0 Å². The largest absolute Gasteiger partial charge is 0.403 e. The summed E-state index contributed by atoms with van der Waals surface area (Å²) in [6.45, 7) is 5.33. The fraction of sp³-hybridized carbons (Fsp3) is 0.615. The first-order chi connectivity index (χ1) is 9.76. The van der Waals surface area contributed by atoms with E-state index in [2.05, 4.69) is 32.4 Å². The third-order valence-corrected chi connectivity index (χ3v) is 3.77. The van der Waals surface area contributed by atoms with Crippen LogP contribution in [0, 0.1) is 0 Å². The average Bonchev–Trinajstić information content (AvgIpc) is 3.16. The Bertz CT molecular complexity index is 563. The number of aromatic nitrogens is 4. The summed E-state index contributed by atoms with van der Waals surface area (Å²) in [7, 11) is 1.86. The van der Waals surface area contributed by atoms with Crippen LogP contribution in [-0.4, -0.2) is 50.6 Å². The van der Waals surface area contributed by atoms with Crippen molar-refractivity contribution in [1.82, 2.24) is 24.9 Å². The van der Waals surface area contributed by atoms with Gasteiger partial charge in [0.25, 0.3) is 5.89 Å². The molecule has 1 N–H and O–H groups in total. The Morgan fingerprint density at radius 2 is 2.35 bits per heavy atom. The number of nitrogens with zero attached hydrogens (tertiary/aromatic N) is 5. The zero-order valence-corrected chi connectivity index (χ0v) is 11.9. The van der Waals surface area contributed by atoms with Crippen molar-refractivity contribution in [3.63, 3.8) is 0 Å². The van der Waals surface area contributed by atoms with E-state index in [0.29, 0.717) is 17.9 Å². The van der Waals surface area contributed by atoms with Crippen molar-refractivity contribution in [1.29, 1.82) is 0 Å². The highest BCUT2D eigenvalue weighted by Gasteiger charge is 2.23. The summed E-state index contributed by atoms with van der Waals surface area (Å²) in [5, 5.41) is 15.4. The zero-order valence-electron chi connectivity index (χ0n) is 11.9. The maximum atomic E-state index is 5.61. The predicted octanol–water partition coefficient (Wildman–Crippen LogP) is 1.37. The molecule has 0 bridgehead atoms. The van der Waals surface area contributed by atoms with Crippen LogP contribution in [0.4, 0.5) is 6.01 Å². The number of nitrogens with one attached hydrogen (secondary N) is 1. The Morgan fingerprint density at radius 1 is 1.45 bits per heavy atom. The number of likely N-dealkylation sites (tertiary alicyclic amines) is 1. The number of aryl methyl sites for hydroxylation is 1. The molecule has 0 saturated carbocycles. The molecule has 0 aromatic carbocycles. The fourth-order valence-corrected chi connectivity index (χ4v) is 2.69. The molecule has 0 spiro atoms. The monoisotopic (exact) mass is 276 g/mol. The number of hydrogen-bond donors (Lipinski definition) is 1. The highest BCUT2D eigenvalue weighted by molar-refractivity contribution is 5.50. The quantitative estimate of drug-likeness (QED) is 0.889. The molecule has 2 aromatic rings. The highest BCUT2D eigenvalue weighted by Crippen LogP contribution is 2.20. The van der Waals surface area contributed by atoms with Gasteiger partial charge < -0.3 is 9.73 Å². The van der Waals surface area contributed by atoms with Crippen LogP contribution in [0.15, 0.2) is 16.8 Å². The third kappa shape index (κ3) is 2.67. The molecule has 0 aliphatic carbocycles. The minimum Gasteiger partial charge on any atom is -0.403 e. The van der Waals surface area contributed by atoms with E-state index in [1.54, 1.807) is 10.9 Å². The molecule has 3 rings (SSSR count). The molecule has 1 fully saturated rings. The van der Waals surface area contributed by atoms with E-state index >= 15 is 0 Å². The van der Waals surface area contributed by atoms with Gasteiger partial charge in [-0.1, -0.05) is 12.0 Å². The topological polar surface area (TPSA) is 72.0 Å². The first kappa shape index (κ1) is 13.1. The van der Waals surface area contributed by atoms with E-state index in [1.807, 2.05) is 13.2 Å². The van der Waals surface area contributed by atoms with Gasteiger partial charge in [0.2, 0.25) is 0 Å². The Balaban J connectivity index is 1.60. The Hall–Kier alpha value is -1.89. The maximum Gasteiger partial charge on any atom is 0.315 e. The molecule has 7 heteroatoms. The number of hydrogen-bond acceptors (Lipinski definition) is 6. The summed E-state index contributed by atoms with van der Waals surface area (Å²) in [6, 6.07) is 1.04. The van der Waals surface area contributed by atoms with Gasteiger partial charge in [-0.3, -0.25) is 9.58 Å². The van der Waals surface area contributed by atoms with E-state index in [9.17, 15) is 0 Å². The highest BCUT2D eigenvalue weighted by atomic mass is 16.4. The van der Waals surface area contributed by atoms with Gasteiger partial charge >= 0.3 is 6.01 Å². The molecule has 1 atom stereocenters.